The van der Waals surface area contributed by atoms with Gasteiger partial charge in [0.1, 0.15) is 17.4 Å². The molecule has 0 radical (unpaired) electrons. The number of halogens is 3. The number of nitrogens with one attached hydrogen (secondary N) is 1. The van der Waals surface area contributed by atoms with Crippen molar-refractivity contribution in [2.45, 2.75) is 63.3 Å². The van der Waals surface area contributed by atoms with Crippen LogP contribution in [0.25, 0.3) is 0 Å². The molecule has 0 unspecified atom stereocenters. The van der Waals surface area contributed by atoms with Gasteiger partial charge in [-0.3, -0.25) is 9.59 Å². The fourth-order valence-electron chi connectivity index (χ4n) is 4.62. The van der Waals surface area contributed by atoms with E-state index in [9.17, 15) is 14.0 Å². The number of rotatable bonds is 6. The number of hydrogen-bond acceptors (Lipinski definition) is 5. The molecule has 2 fully saturated rings. The van der Waals surface area contributed by atoms with Crippen LogP contribution < -0.4 is 20.7 Å². The number of carbonyl (C=O) groups excluding carboxylic acids is 2. The van der Waals surface area contributed by atoms with Crippen LogP contribution in [0, 0.1) is 5.82 Å². The maximum absolute atomic E-state index is 13.8. The molecule has 1 aromatic heterocycles. The van der Waals surface area contributed by atoms with Crippen LogP contribution in [-0.4, -0.2) is 40.5 Å². The van der Waals surface area contributed by atoms with Crippen LogP contribution in [0.15, 0.2) is 30.5 Å². The van der Waals surface area contributed by atoms with E-state index in [-0.39, 0.29) is 39.8 Å². The fourth-order valence-corrected chi connectivity index (χ4v) is 5.04. The topological polar surface area (TPSA) is 97.5 Å². The van der Waals surface area contributed by atoms with Gasteiger partial charge in [-0.05, 0) is 57.7 Å². The monoisotopic (exact) mass is 494 g/mol. The lowest BCUT2D eigenvalue weighted by Gasteiger charge is -2.40. The molecular formula is C23H25Cl2FN4O3. The number of amides is 2. The molecule has 2 aliphatic heterocycles. The first-order chi connectivity index (χ1) is 15.5. The molecule has 7 nitrogen and oxygen atoms in total. The van der Waals surface area contributed by atoms with Gasteiger partial charge in [-0.15, -0.1) is 0 Å². The Kier molecular flexibility index (Phi) is 6.42. The predicted octanol–water partition coefficient (Wildman–Crippen LogP) is 4.10. The largest absolute Gasteiger partial charge is 0.476 e. The number of fused-ring (bicyclic) bond motifs is 2. The van der Waals surface area contributed by atoms with Gasteiger partial charge in [-0.25, -0.2) is 9.37 Å². The van der Waals surface area contributed by atoms with Gasteiger partial charge >= 0.3 is 0 Å². The summed E-state index contributed by atoms with van der Waals surface area (Å²) in [5.41, 5.74) is 4.40. The van der Waals surface area contributed by atoms with Crippen molar-refractivity contribution in [1.29, 1.82) is 0 Å². The van der Waals surface area contributed by atoms with Gasteiger partial charge in [0.25, 0.3) is 5.91 Å². The van der Waals surface area contributed by atoms with Crippen LogP contribution in [0.2, 0.25) is 10.0 Å². The quantitative estimate of drug-likeness (QED) is 0.589. The highest BCUT2D eigenvalue weighted by molar-refractivity contribution is 6.35. The third-order valence-electron chi connectivity index (χ3n) is 6.25. The molecule has 1 aromatic carbocycles. The molecule has 10 heteroatoms. The Morgan fingerprint density at radius 1 is 1.18 bits per heavy atom. The van der Waals surface area contributed by atoms with Gasteiger partial charge in [-0.1, -0.05) is 23.2 Å². The summed E-state index contributed by atoms with van der Waals surface area (Å²) in [5.74, 6) is -0.630. The second-order valence-corrected chi connectivity index (χ2v) is 9.83. The molecule has 3 atom stereocenters. The molecule has 2 aliphatic rings. The van der Waals surface area contributed by atoms with Crippen molar-refractivity contribution in [1.82, 2.24) is 10.3 Å². The summed E-state index contributed by atoms with van der Waals surface area (Å²) in [5, 5.41) is 3.10. The maximum Gasteiger partial charge on any atom is 0.263 e. The number of anilines is 1. The van der Waals surface area contributed by atoms with Crippen LogP contribution in [0.3, 0.4) is 0 Å². The van der Waals surface area contributed by atoms with E-state index in [1.165, 1.54) is 12.3 Å². The van der Waals surface area contributed by atoms with E-state index in [2.05, 4.69) is 15.2 Å². The highest BCUT2D eigenvalue weighted by atomic mass is 35.5. The summed E-state index contributed by atoms with van der Waals surface area (Å²) < 4.78 is 19.6. The summed E-state index contributed by atoms with van der Waals surface area (Å²) in [6.45, 7) is 3.22. The van der Waals surface area contributed by atoms with E-state index in [0.29, 0.717) is 5.56 Å². The summed E-state index contributed by atoms with van der Waals surface area (Å²) in [6, 6.07) is 6.25. The number of nitrogens with two attached hydrogens (primary N) is 1. The molecule has 2 bridgehead atoms. The van der Waals surface area contributed by atoms with Crippen molar-refractivity contribution < 1.29 is 18.7 Å². The fraction of sp³-hybridized carbons (Fsp3) is 0.435. The molecule has 4 rings (SSSR count). The van der Waals surface area contributed by atoms with E-state index in [0.717, 1.165) is 37.6 Å². The Balaban J connectivity index is 1.41. The minimum atomic E-state index is -1.27. The van der Waals surface area contributed by atoms with Crippen molar-refractivity contribution in [3.8, 4) is 5.75 Å². The average Bonchev–Trinajstić information content (AvgIpc) is 3.02. The molecular weight excluding hydrogens is 470 g/mol. The van der Waals surface area contributed by atoms with Gasteiger partial charge in [0.15, 0.2) is 5.60 Å². The number of ether oxygens (including phenoxy) is 1. The smallest absolute Gasteiger partial charge is 0.263 e. The molecule has 3 heterocycles. The van der Waals surface area contributed by atoms with Crippen LogP contribution in [0.1, 0.15) is 49.9 Å². The summed E-state index contributed by atoms with van der Waals surface area (Å²) >= 11 is 11.8. The number of benzene rings is 1. The van der Waals surface area contributed by atoms with E-state index in [4.69, 9.17) is 33.7 Å². The zero-order valence-electron chi connectivity index (χ0n) is 18.3. The molecule has 0 spiro atoms. The highest BCUT2D eigenvalue weighted by Gasteiger charge is 2.43. The lowest BCUT2D eigenvalue weighted by molar-refractivity contribution is -0.135. The normalized spacial score (nSPS) is 22.2. The molecule has 2 amide bonds. The Bertz CT molecular complexity index is 1070. The molecule has 33 heavy (non-hydrogen) atoms. The van der Waals surface area contributed by atoms with Gasteiger partial charge in [-0.2, -0.15) is 0 Å². The maximum atomic E-state index is 13.8. The SMILES string of the molecule is CC(C)(Oc1cc(F)c(Cl)cc1Cl)C(=O)N[C@H]1C[C@H]2CC[C@@H](C1)N2c1ccc(C(N)=O)cn1. The molecule has 2 aromatic rings. The van der Waals surface area contributed by atoms with Crippen molar-refractivity contribution in [3.05, 3.63) is 51.9 Å². The third-order valence-corrected chi connectivity index (χ3v) is 6.84. The Hall–Kier alpha value is -2.58. The van der Waals surface area contributed by atoms with Crippen LogP contribution >= 0.6 is 23.2 Å². The number of piperidine rings is 1. The Morgan fingerprint density at radius 2 is 1.85 bits per heavy atom. The van der Waals surface area contributed by atoms with Gasteiger partial charge in [0, 0.05) is 30.4 Å². The second kappa shape index (κ2) is 8.99. The standard InChI is InChI=1S/C23H25Cl2FN4O3/c1-23(2,33-19-10-18(26)16(24)9-17(19)25)22(32)29-13-7-14-4-5-15(8-13)30(14)20-6-3-12(11-28-20)21(27)31/h3,6,9-11,13-15H,4-5,7-8H2,1-2H3,(H2,27,31)(H,29,32)/t13-,14+,15-. The number of primary amides is 1. The summed E-state index contributed by atoms with van der Waals surface area (Å²) in [4.78, 5) is 31.0. The van der Waals surface area contributed by atoms with E-state index >= 15 is 0 Å². The highest BCUT2D eigenvalue weighted by Crippen LogP contribution is 2.39. The number of aromatic nitrogens is 1. The van der Waals surface area contributed by atoms with Gasteiger partial charge < -0.3 is 20.7 Å². The van der Waals surface area contributed by atoms with Crippen molar-refractivity contribution in [3.63, 3.8) is 0 Å². The van der Waals surface area contributed by atoms with Crippen LogP contribution in [0.4, 0.5) is 10.2 Å². The molecule has 176 valence electrons. The first kappa shape index (κ1) is 23.6. The van der Waals surface area contributed by atoms with Gasteiger partial charge in [0.05, 0.1) is 15.6 Å². The van der Waals surface area contributed by atoms with Crippen molar-refractivity contribution in [2.24, 2.45) is 5.73 Å². The van der Waals surface area contributed by atoms with Crippen molar-refractivity contribution >= 4 is 40.8 Å². The lowest BCUT2D eigenvalue weighted by Crippen LogP contribution is -2.55. The number of carbonyl (C=O) groups is 2. The number of nitrogens with zero attached hydrogens (tertiary/aromatic N) is 2. The average molecular weight is 495 g/mol. The number of pyridine rings is 1. The zero-order valence-corrected chi connectivity index (χ0v) is 19.8. The molecule has 2 saturated heterocycles. The van der Waals surface area contributed by atoms with Crippen LogP contribution in [0.5, 0.6) is 5.75 Å². The second-order valence-electron chi connectivity index (χ2n) is 9.01. The predicted molar refractivity (Wildman–Crippen MR) is 124 cm³/mol. The van der Waals surface area contributed by atoms with E-state index in [1.54, 1.807) is 19.9 Å². The van der Waals surface area contributed by atoms with Gasteiger partial charge in [0.2, 0.25) is 5.91 Å². The molecule has 0 saturated carbocycles. The molecule has 0 aliphatic carbocycles. The first-order valence-corrected chi connectivity index (χ1v) is 11.5. The van der Waals surface area contributed by atoms with Crippen LogP contribution in [-0.2, 0) is 4.79 Å². The minimum Gasteiger partial charge on any atom is -0.476 e. The minimum absolute atomic E-state index is 0.0311. The zero-order chi connectivity index (χ0) is 23.9. The Morgan fingerprint density at radius 3 is 2.42 bits per heavy atom. The summed E-state index contributed by atoms with van der Waals surface area (Å²) in [6.07, 6.45) is 5.00. The van der Waals surface area contributed by atoms with Crippen molar-refractivity contribution in [2.75, 3.05) is 4.90 Å². The third kappa shape index (κ3) is 4.87. The molecule has 3 N–H and O–H groups in total. The lowest BCUT2D eigenvalue weighted by atomic mass is 9.96. The van der Waals surface area contributed by atoms with E-state index in [1.807, 2.05) is 6.07 Å². The first-order valence-electron chi connectivity index (χ1n) is 10.7. The summed E-state index contributed by atoms with van der Waals surface area (Å²) in [7, 11) is 0. The number of hydrogen-bond donors (Lipinski definition) is 2. The Labute approximate surface area is 201 Å². The van der Waals surface area contributed by atoms with E-state index < -0.39 is 17.3 Å².